The Morgan fingerprint density at radius 1 is 0.642 bits per heavy atom. The van der Waals surface area contributed by atoms with Crippen molar-refractivity contribution in [2.45, 2.75) is 57.3 Å². The Morgan fingerprint density at radius 3 is 1.63 bits per heavy atom. The minimum Gasteiger partial charge on any atom is -0.497 e. The summed E-state index contributed by atoms with van der Waals surface area (Å²) in [5, 5.41) is 6.08. The molecular weight excluding hydrogens is 857 g/mol. The van der Waals surface area contributed by atoms with E-state index in [1.807, 2.05) is 70.1 Å². The molecule has 6 aromatic rings. The molecule has 358 valence electrons. The highest BCUT2D eigenvalue weighted by molar-refractivity contribution is 5.85. The van der Waals surface area contributed by atoms with Gasteiger partial charge in [0.05, 0.1) is 75.6 Å². The fraction of sp³-hybridized carbons (Fsp3) is 0.380. The minimum atomic E-state index is -0.230. The van der Waals surface area contributed by atoms with E-state index in [0.29, 0.717) is 66.2 Å². The molecule has 0 radical (unpaired) electrons. The van der Waals surface area contributed by atoms with E-state index in [0.717, 1.165) is 82.6 Å². The third-order valence-corrected chi connectivity index (χ3v) is 11.8. The fourth-order valence-electron chi connectivity index (χ4n) is 8.48. The van der Waals surface area contributed by atoms with Crippen LogP contribution in [0.15, 0.2) is 86.0 Å². The van der Waals surface area contributed by atoms with Crippen LogP contribution in [0.3, 0.4) is 0 Å². The summed E-state index contributed by atoms with van der Waals surface area (Å²) < 4.78 is 48.5. The fourth-order valence-corrected chi connectivity index (χ4v) is 8.48. The number of hydrogen-bond donors (Lipinski definition) is 4. The van der Waals surface area contributed by atoms with Crippen molar-refractivity contribution in [2.24, 2.45) is 11.5 Å². The Balaban J connectivity index is 0.000000193. The number of nitrogens with zero attached hydrogens (tertiary/aromatic N) is 4. The molecule has 4 aromatic carbocycles. The summed E-state index contributed by atoms with van der Waals surface area (Å²) in [6, 6.07) is 15.3. The molecule has 8 rings (SSSR count). The molecule has 0 aliphatic heterocycles. The number of methoxy groups -OCH3 is 8. The van der Waals surface area contributed by atoms with Crippen LogP contribution >= 0.6 is 0 Å². The number of imidazole rings is 2. The van der Waals surface area contributed by atoms with Crippen molar-refractivity contribution in [2.75, 3.05) is 70.0 Å². The average Bonchev–Trinajstić information content (AvgIpc) is 4.05. The summed E-state index contributed by atoms with van der Waals surface area (Å²) in [4.78, 5) is 20.7. The molecule has 2 aliphatic carbocycles. The molecule has 0 unspecified atom stereocenters. The number of urea groups is 1. The van der Waals surface area contributed by atoms with Crippen LogP contribution in [-0.4, -0.2) is 95.1 Å². The summed E-state index contributed by atoms with van der Waals surface area (Å²) in [7, 11) is 13.0. The van der Waals surface area contributed by atoms with Gasteiger partial charge in [0.15, 0.2) is 23.0 Å². The molecule has 2 amide bonds. The summed E-state index contributed by atoms with van der Waals surface area (Å²) >= 11 is 0. The number of hydrogen-bond acceptors (Lipinski definition) is 13. The number of nitrogens with one attached hydrogen (secondary N) is 2. The van der Waals surface area contributed by atoms with Gasteiger partial charge in [0, 0.05) is 61.6 Å². The Hall–Kier alpha value is -7.11. The van der Waals surface area contributed by atoms with Gasteiger partial charge in [-0.25, -0.2) is 14.8 Å². The van der Waals surface area contributed by atoms with E-state index in [2.05, 4.69) is 20.6 Å². The van der Waals surface area contributed by atoms with Crippen molar-refractivity contribution in [3.8, 4) is 68.2 Å². The van der Waals surface area contributed by atoms with Crippen LogP contribution in [0.1, 0.15) is 53.6 Å². The van der Waals surface area contributed by atoms with Crippen molar-refractivity contribution in [1.29, 1.82) is 0 Å². The summed E-state index contributed by atoms with van der Waals surface area (Å²) in [6.45, 7) is 2.86. The predicted octanol–water partition coefficient (Wildman–Crippen LogP) is 7.14. The van der Waals surface area contributed by atoms with Crippen LogP contribution in [-0.2, 0) is 25.9 Å². The molecule has 2 atom stereocenters. The van der Waals surface area contributed by atoms with Gasteiger partial charge in [0.2, 0.25) is 11.5 Å². The summed E-state index contributed by atoms with van der Waals surface area (Å²) in [5.41, 5.74) is 19.9. The standard InChI is InChI=1S/C25H30N4O5.C19H23NO4.C6H11N3/c1-31-17-6-7-18-19(14-17)20(28-25(30)27-10-12-29-11-9-26-15-29)8-5-16-13-21(32-2)23(33-3)24(34-4)22(16)18;1-21-12-6-7-13-14(10-12)15(20)8-5-11-9-16(22-2)18(23-3)19(24-4)17(11)13;7-2-1-4-9-5-3-8-6-9/h6-7,9,11,13-15,20H,5,8,10,12H2,1-4H3,(H2,27,28,30);6-7,9-10,15H,5,8,20H2,1-4H3;3,5-6H,1-2,4,7H2/t20-;15-;/m00./s1. The molecule has 2 heterocycles. The number of amides is 2. The van der Waals surface area contributed by atoms with E-state index in [1.54, 1.807) is 81.9 Å². The molecular formula is C50H64N8O9. The van der Waals surface area contributed by atoms with E-state index in [9.17, 15) is 4.79 Å². The Bertz CT molecular complexity index is 2530. The average molecular weight is 921 g/mol. The maximum atomic E-state index is 12.8. The van der Waals surface area contributed by atoms with Gasteiger partial charge >= 0.3 is 6.03 Å². The van der Waals surface area contributed by atoms with Crippen LogP contribution in [0.25, 0.3) is 22.3 Å². The lowest BCUT2D eigenvalue weighted by Crippen LogP contribution is -2.39. The lowest BCUT2D eigenvalue weighted by atomic mass is 9.93. The Morgan fingerprint density at radius 2 is 1.15 bits per heavy atom. The number of aryl methyl sites for hydroxylation is 3. The second kappa shape index (κ2) is 23.9. The first kappa shape index (κ1) is 49.3. The van der Waals surface area contributed by atoms with Gasteiger partial charge < -0.3 is 69.1 Å². The number of ether oxygens (including phenoxy) is 8. The molecule has 0 bridgehead atoms. The second-order valence-electron chi connectivity index (χ2n) is 15.6. The number of aromatic nitrogens is 4. The lowest BCUT2D eigenvalue weighted by molar-refractivity contribution is 0.236. The van der Waals surface area contributed by atoms with Crippen LogP contribution in [0.2, 0.25) is 0 Å². The van der Waals surface area contributed by atoms with Crippen molar-refractivity contribution < 1.29 is 42.7 Å². The van der Waals surface area contributed by atoms with E-state index in [-0.39, 0.29) is 18.1 Å². The summed E-state index contributed by atoms with van der Waals surface area (Å²) in [6.07, 6.45) is 14.9. The number of carbonyl (C=O) groups is 1. The van der Waals surface area contributed by atoms with Gasteiger partial charge in [-0.3, -0.25) is 0 Å². The summed E-state index contributed by atoms with van der Waals surface area (Å²) in [5.74, 6) is 5.20. The molecule has 0 saturated heterocycles. The molecule has 0 fully saturated rings. The van der Waals surface area contributed by atoms with Crippen LogP contribution in [0, 0.1) is 0 Å². The quantitative estimate of drug-likeness (QED) is 0.0811. The molecule has 67 heavy (non-hydrogen) atoms. The minimum absolute atomic E-state index is 0.0656. The number of rotatable bonds is 15. The van der Waals surface area contributed by atoms with Crippen LogP contribution < -0.4 is 60.0 Å². The van der Waals surface area contributed by atoms with Crippen LogP contribution in [0.5, 0.6) is 46.0 Å². The SMILES string of the molecule is COc1ccc2c(c1)[C@@H](N)CCc1cc(OC)c(OC)c(OC)c1-2.COc1ccc2c(c1)[C@@H](NC(=O)NCCn1ccnc1)CCc1cc(OC)c(OC)c(OC)c1-2.NCCCn1ccnc1. The van der Waals surface area contributed by atoms with Crippen LogP contribution in [0.4, 0.5) is 4.79 Å². The molecule has 0 saturated carbocycles. The maximum Gasteiger partial charge on any atom is 0.315 e. The Kier molecular flexibility index (Phi) is 17.6. The normalized spacial score (nSPS) is 14.2. The Labute approximate surface area is 392 Å². The van der Waals surface area contributed by atoms with Crippen molar-refractivity contribution in [1.82, 2.24) is 29.7 Å². The molecule has 2 aliphatic rings. The van der Waals surface area contributed by atoms with E-state index < -0.39 is 0 Å². The lowest BCUT2D eigenvalue weighted by Gasteiger charge is -2.22. The number of benzene rings is 4. The predicted molar refractivity (Wildman–Crippen MR) is 257 cm³/mol. The third kappa shape index (κ3) is 11.5. The zero-order valence-electron chi connectivity index (χ0n) is 39.7. The number of fused-ring (bicyclic) bond motifs is 6. The zero-order valence-corrected chi connectivity index (χ0v) is 39.7. The zero-order chi connectivity index (χ0) is 47.9. The van der Waals surface area contributed by atoms with Gasteiger partial charge in [-0.2, -0.15) is 0 Å². The van der Waals surface area contributed by atoms with Gasteiger partial charge in [-0.05, 0) is 108 Å². The van der Waals surface area contributed by atoms with E-state index in [4.69, 9.17) is 49.4 Å². The van der Waals surface area contributed by atoms with Crippen molar-refractivity contribution in [3.63, 3.8) is 0 Å². The van der Waals surface area contributed by atoms with Crippen molar-refractivity contribution >= 4 is 6.03 Å². The van der Waals surface area contributed by atoms with E-state index in [1.165, 1.54) is 0 Å². The molecule has 0 spiro atoms. The topological polar surface area (TPSA) is 203 Å². The largest absolute Gasteiger partial charge is 0.497 e. The van der Waals surface area contributed by atoms with E-state index >= 15 is 0 Å². The monoisotopic (exact) mass is 920 g/mol. The first-order chi connectivity index (χ1) is 32.7. The molecule has 6 N–H and O–H groups in total. The smallest absolute Gasteiger partial charge is 0.315 e. The van der Waals surface area contributed by atoms with Gasteiger partial charge in [0.1, 0.15) is 11.5 Å². The first-order valence-corrected chi connectivity index (χ1v) is 22.1. The number of carbonyl (C=O) groups excluding carboxylic acids is 1. The van der Waals surface area contributed by atoms with Gasteiger partial charge in [-0.1, -0.05) is 12.1 Å². The van der Waals surface area contributed by atoms with Gasteiger partial charge in [0.25, 0.3) is 0 Å². The third-order valence-electron chi connectivity index (χ3n) is 11.8. The molecule has 17 heteroatoms. The number of nitrogens with two attached hydrogens (primary N) is 2. The molecule has 17 nitrogen and oxygen atoms in total. The molecule has 2 aromatic heterocycles. The van der Waals surface area contributed by atoms with Gasteiger partial charge in [-0.15, -0.1) is 0 Å². The highest BCUT2D eigenvalue weighted by Gasteiger charge is 2.31. The highest BCUT2D eigenvalue weighted by atomic mass is 16.5. The maximum absolute atomic E-state index is 12.8. The highest BCUT2D eigenvalue weighted by Crippen LogP contribution is 2.52. The van der Waals surface area contributed by atoms with Crippen molar-refractivity contribution in [3.05, 3.63) is 108 Å². The second-order valence-corrected chi connectivity index (χ2v) is 15.6. The first-order valence-electron chi connectivity index (χ1n) is 22.1.